The van der Waals surface area contributed by atoms with E-state index in [1.54, 1.807) is 12.3 Å². The molecule has 114 valence electrons. The van der Waals surface area contributed by atoms with Crippen LogP contribution in [0.1, 0.15) is 36.7 Å². The molecular weight excluding hydrogens is 266 g/mol. The molecule has 2 N–H and O–H groups in total. The first-order chi connectivity index (χ1) is 10.2. The van der Waals surface area contributed by atoms with Gasteiger partial charge < -0.3 is 15.5 Å². The van der Waals surface area contributed by atoms with Crippen molar-refractivity contribution in [3.05, 3.63) is 18.0 Å². The van der Waals surface area contributed by atoms with Crippen LogP contribution in [0.15, 0.2) is 12.3 Å². The molecule has 2 aliphatic heterocycles. The summed E-state index contributed by atoms with van der Waals surface area (Å²) in [7, 11) is 0. The molecule has 3 rings (SSSR count). The van der Waals surface area contributed by atoms with Gasteiger partial charge in [-0.25, -0.2) is 9.97 Å². The Bertz CT molecular complexity index is 515. The molecule has 2 aliphatic rings. The number of hydrogen-bond donors (Lipinski definition) is 1. The van der Waals surface area contributed by atoms with Gasteiger partial charge in [-0.3, -0.25) is 4.79 Å². The van der Waals surface area contributed by atoms with Crippen molar-refractivity contribution in [3.8, 4) is 0 Å². The predicted octanol–water partition coefficient (Wildman–Crippen LogP) is 0.886. The number of aromatic nitrogens is 2. The van der Waals surface area contributed by atoms with Crippen molar-refractivity contribution in [2.75, 3.05) is 31.1 Å². The lowest BCUT2D eigenvalue weighted by Gasteiger charge is -2.22. The number of rotatable bonds is 3. The third-order valence-corrected chi connectivity index (χ3v) is 4.51. The molecule has 3 heterocycles. The van der Waals surface area contributed by atoms with E-state index in [9.17, 15) is 4.79 Å². The summed E-state index contributed by atoms with van der Waals surface area (Å²) in [4.78, 5) is 25.5. The van der Waals surface area contributed by atoms with Crippen LogP contribution >= 0.6 is 0 Å². The molecule has 1 aromatic heterocycles. The van der Waals surface area contributed by atoms with Gasteiger partial charge in [-0.1, -0.05) is 0 Å². The summed E-state index contributed by atoms with van der Waals surface area (Å²) in [5.41, 5.74) is 6.23. The molecule has 6 heteroatoms. The predicted molar refractivity (Wildman–Crippen MR) is 81.1 cm³/mol. The average Bonchev–Trinajstić information content (AvgIpc) is 3.16. The fourth-order valence-corrected chi connectivity index (χ4v) is 3.28. The molecule has 0 radical (unpaired) electrons. The van der Waals surface area contributed by atoms with E-state index < -0.39 is 0 Å². The minimum Gasteiger partial charge on any atom is -0.341 e. The highest BCUT2D eigenvalue weighted by Crippen LogP contribution is 2.24. The number of anilines is 1. The van der Waals surface area contributed by atoms with Crippen molar-refractivity contribution in [1.29, 1.82) is 0 Å². The van der Waals surface area contributed by atoms with Gasteiger partial charge in [-0.15, -0.1) is 0 Å². The summed E-state index contributed by atoms with van der Waals surface area (Å²) >= 11 is 0. The van der Waals surface area contributed by atoms with Gasteiger partial charge in [-0.2, -0.15) is 0 Å². The van der Waals surface area contributed by atoms with Gasteiger partial charge in [0.25, 0.3) is 5.91 Å². The molecule has 0 spiro atoms. The van der Waals surface area contributed by atoms with Crippen LogP contribution in [-0.2, 0) is 0 Å². The molecule has 0 saturated carbocycles. The Morgan fingerprint density at radius 3 is 2.86 bits per heavy atom. The number of likely N-dealkylation sites (tertiary alicyclic amines) is 1. The van der Waals surface area contributed by atoms with Crippen LogP contribution in [0, 0.1) is 5.92 Å². The molecule has 0 bridgehead atoms. The Labute approximate surface area is 125 Å². The molecule has 0 aliphatic carbocycles. The number of carbonyl (C=O) groups is 1. The van der Waals surface area contributed by atoms with E-state index in [0.29, 0.717) is 24.1 Å². The van der Waals surface area contributed by atoms with Gasteiger partial charge in [0.05, 0.1) is 0 Å². The second-order valence-corrected chi connectivity index (χ2v) is 6.08. The normalized spacial score (nSPS) is 25.6. The van der Waals surface area contributed by atoms with E-state index in [4.69, 9.17) is 5.73 Å². The van der Waals surface area contributed by atoms with Crippen LogP contribution in [0.2, 0.25) is 0 Å². The number of carbonyl (C=O) groups excluding carboxylic acids is 1. The Kier molecular flexibility index (Phi) is 4.05. The fourth-order valence-electron chi connectivity index (χ4n) is 3.28. The fraction of sp³-hybridized carbons (Fsp3) is 0.667. The van der Waals surface area contributed by atoms with Crippen LogP contribution < -0.4 is 10.6 Å². The van der Waals surface area contributed by atoms with Crippen molar-refractivity contribution in [3.63, 3.8) is 0 Å². The Morgan fingerprint density at radius 2 is 2.19 bits per heavy atom. The van der Waals surface area contributed by atoms with E-state index in [0.717, 1.165) is 26.1 Å². The minimum absolute atomic E-state index is 0.00120. The summed E-state index contributed by atoms with van der Waals surface area (Å²) in [5.74, 6) is 1.09. The quantitative estimate of drug-likeness (QED) is 0.894. The lowest BCUT2D eigenvalue weighted by atomic mass is 10.1. The third-order valence-electron chi connectivity index (χ3n) is 4.51. The van der Waals surface area contributed by atoms with Gasteiger partial charge >= 0.3 is 0 Å². The first-order valence-corrected chi connectivity index (χ1v) is 7.78. The molecule has 2 unspecified atom stereocenters. The van der Waals surface area contributed by atoms with E-state index in [-0.39, 0.29) is 11.9 Å². The summed E-state index contributed by atoms with van der Waals surface area (Å²) in [6, 6.07) is 1.95. The highest BCUT2D eigenvalue weighted by molar-refractivity contribution is 5.93. The standard InChI is InChI=1S/C15H23N5O/c1-11-8-12(9-16)10-20(11)14(21)13-4-5-17-15(18-13)19-6-2-3-7-19/h4-5,11-12H,2-3,6-10,16H2,1H3. The maximum atomic E-state index is 12.7. The van der Waals surface area contributed by atoms with Crippen molar-refractivity contribution in [2.45, 2.75) is 32.2 Å². The van der Waals surface area contributed by atoms with Crippen molar-refractivity contribution in [1.82, 2.24) is 14.9 Å². The average molecular weight is 289 g/mol. The maximum absolute atomic E-state index is 12.7. The van der Waals surface area contributed by atoms with Crippen molar-refractivity contribution in [2.24, 2.45) is 11.7 Å². The molecule has 1 aromatic rings. The third kappa shape index (κ3) is 2.85. The summed E-state index contributed by atoms with van der Waals surface area (Å²) in [6.45, 7) is 5.41. The Balaban J connectivity index is 1.77. The number of hydrogen-bond acceptors (Lipinski definition) is 5. The van der Waals surface area contributed by atoms with Gasteiger partial charge in [-0.05, 0) is 44.7 Å². The maximum Gasteiger partial charge on any atom is 0.272 e. The molecule has 2 atom stereocenters. The van der Waals surface area contributed by atoms with Crippen molar-refractivity contribution >= 4 is 11.9 Å². The molecule has 1 amide bonds. The van der Waals surface area contributed by atoms with E-state index in [2.05, 4.69) is 21.8 Å². The molecule has 0 aromatic carbocycles. The van der Waals surface area contributed by atoms with Crippen LogP contribution in [0.3, 0.4) is 0 Å². The van der Waals surface area contributed by atoms with Gasteiger partial charge in [0.1, 0.15) is 5.69 Å². The Hall–Kier alpha value is -1.69. The van der Waals surface area contributed by atoms with Crippen LogP contribution in [0.25, 0.3) is 0 Å². The van der Waals surface area contributed by atoms with E-state index in [1.165, 1.54) is 12.8 Å². The topological polar surface area (TPSA) is 75.3 Å². The summed E-state index contributed by atoms with van der Waals surface area (Å²) in [5, 5.41) is 0. The first kappa shape index (κ1) is 14.3. The zero-order valence-electron chi connectivity index (χ0n) is 12.5. The summed E-state index contributed by atoms with van der Waals surface area (Å²) in [6.07, 6.45) is 5.01. The number of amides is 1. The molecular formula is C15H23N5O. The number of nitrogens with zero attached hydrogens (tertiary/aromatic N) is 4. The number of nitrogens with two attached hydrogens (primary N) is 1. The van der Waals surface area contributed by atoms with E-state index in [1.807, 2.05) is 4.90 Å². The van der Waals surface area contributed by atoms with Gasteiger partial charge in [0.2, 0.25) is 5.95 Å². The lowest BCUT2D eigenvalue weighted by Crippen LogP contribution is -2.35. The lowest BCUT2D eigenvalue weighted by molar-refractivity contribution is 0.0737. The van der Waals surface area contributed by atoms with Crippen LogP contribution in [0.5, 0.6) is 0 Å². The Morgan fingerprint density at radius 1 is 1.43 bits per heavy atom. The first-order valence-electron chi connectivity index (χ1n) is 7.78. The highest BCUT2D eigenvalue weighted by atomic mass is 16.2. The monoisotopic (exact) mass is 289 g/mol. The second kappa shape index (κ2) is 5.97. The highest BCUT2D eigenvalue weighted by Gasteiger charge is 2.33. The van der Waals surface area contributed by atoms with Gasteiger partial charge in [0, 0.05) is 31.9 Å². The van der Waals surface area contributed by atoms with Crippen LogP contribution in [0.4, 0.5) is 5.95 Å². The van der Waals surface area contributed by atoms with Gasteiger partial charge in [0.15, 0.2) is 0 Å². The van der Waals surface area contributed by atoms with Crippen LogP contribution in [-0.4, -0.2) is 53.0 Å². The molecule has 6 nitrogen and oxygen atoms in total. The van der Waals surface area contributed by atoms with Crippen molar-refractivity contribution < 1.29 is 4.79 Å². The minimum atomic E-state index is 0.00120. The molecule has 2 saturated heterocycles. The zero-order valence-corrected chi connectivity index (χ0v) is 12.5. The molecule has 2 fully saturated rings. The zero-order chi connectivity index (χ0) is 14.8. The van der Waals surface area contributed by atoms with E-state index >= 15 is 0 Å². The second-order valence-electron chi connectivity index (χ2n) is 6.08. The summed E-state index contributed by atoms with van der Waals surface area (Å²) < 4.78 is 0. The largest absolute Gasteiger partial charge is 0.341 e. The molecule has 21 heavy (non-hydrogen) atoms. The smallest absolute Gasteiger partial charge is 0.272 e. The SMILES string of the molecule is CC1CC(CN)CN1C(=O)c1ccnc(N2CCCC2)n1.